The highest BCUT2D eigenvalue weighted by atomic mass is 32.1. The van der Waals surface area contributed by atoms with Crippen LogP contribution in [0.3, 0.4) is 0 Å². The van der Waals surface area contributed by atoms with Gasteiger partial charge in [0.25, 0.3) is 0 Å². The SMILES string of the molecule is Cc1c(C)c(C)c2c(c1C)-c1c(C)c(C)c(C)c(C)c1C(C)(C)C2(C)C.Cc1c(C)c(C)c2c(oc3c(C)c(C)c(C)c(C)c32)c1C.Cc1c(C)c(C)c2c(sc3c(C)c(C)c(C)c(C)c32)c1C.Cc1nc(C)c(C)c(C)c1C.Cc1nc(C)c(C)c(C)c1C.Cc1nc(C)c(C)c(C)n1. The minimum absolute atomic E-state index is 0.0849. The van der Waals surface area contributed by atoms with Gasteiger partial charge in [-0.15, -0.1) is 11.3 Å². The molecule has 0 unspecified atom stereocenters. The van der Waals surface area contributed by atoms with E-state index in [0.717, 1.165) is 51.2 Å². The van der Waals surface area contributed by atoms with Crippen LogP contribution in [0, 0.1) is 263 Å². The van der Waals surface area contributed by atoms with Crippen molar-refractivity contribution in [3.8, 4) is 11.1 Å². The molecule has 0 saturated carbocycles. The summed E-state index contributed by atoms with van der Waals surface area (Å²) in [6.45, 7) is 93.3. The van der Waals surface area contributed by atoms with E-state index in [1.807, 2.05) is 39.0 Å². The molecular weight excluding hydrogens is 1230 g/mol. The maximum atomic E-state index is 6.35. The molecule has 11 aromatic rings. The van der Waals surface area contributed by atoms with E-state index in [-0.39, 0.29) is 10.8 Å². The zero-order chi connectivity index (χ0) is 76.1. The molecule has 5 aromatic heterocycles. The van der Waals surface area contributed by atoms with E-state index in [1.165, 1.54) is 215 Å². The van der Waals surface area contributed by atoms with Gasteiger partial charge in [0.1, 0.15) is 17.0 Å². The second-order valence-electron chi connectivity index (χ2n) is 31.7. The molecular formula is C94H126N4OS. The van der Waals surface area contributed by atoms with Gasteiger partial charge in [-0.1, -0.05) is 27.7 Å². The molecule has 534 valence electrons. The standard InChI is InChI=1S/C26H36.C20H24O.C20H24S.2C10H15N.C8H12N2/c1-13-15(3)19(7)23-21(17(13)5)22-18(6)14(2)16(4)20(8)24(22)26(11,12)25(23,9)10;2*1-9-11(3)15(7)19-17(13(9)5)18-14(6)10(2)12(4)16(8)20(18)21-19;2*1-6-7(2)9(4)11-10(5)8(6)3;1-5-6(2)9-8(4)10-7(5)3/h1-12H3;2*1-8H3;2*1-5H3;1-4H3. The van der Waals surface area contributed by atoms with Gasteiger partial charge >= 0.3 is 0 Å². The zero-order valence-electron chi connectivity index (χ0n) is 70.6. The molecule has 12 rings (SSSR count). The van der Waals surface area contributed by atoms with Gasteiger partial charge in [0.2, 0.25) is 0 Å². The van der Waals surface area contributed by atoms with Crippen LogP contribution < -0.4 is 0 Å². The number of hydrogen-bond donors (Lipinski definition) is 0. The minimum atomic E-state index is 0.0849. The summed E-state index contributed by atoms with van der Waals surface area (Å²) in [7, 11) is 0. The number of thiophene rings is 1. The molecule has 0 aliphatic heterocycles. The number of aromatic nitrogens is 4. The normalized spacial score (nSPS) is 12.7. The van der Waals surface area contributed by atoms with Crippen LogP contribution in [0.5, 0.6) is 0 Å². The lowest BCUT2D eigenvalue weighted by atomic mass is 9.52. The maximum Gasteiger partial charge on any atom is 0.138 e. The smallest absolute Gasteiger partial charge is 0.138 e. The highest BCUT2D eigenvalue weighted by Crippen LogP contribution is 2.59. The monoisotopic (exact) mass is 1360 g/mol. The minimum Gasteiger partial charge on any atom is -0.455 e. The first-order valence-electron chi connectivity index (χ1n) is 36.6. The summed E-state index contributed by atoms with van der Waals surface area (Å²) in [6.07, 6.45) is 0. The molecule has 5 heterocycles. The van der Waals surface area contributed by atoms with Crippen LogP contribution in [-0.4, -0.2) is 19.9 Å². The lowest BCUT2D eigenvalue weighted by Crippen LogP contribution is -2.45. The van der Waals surface area contributed by atoms with Crippen molar-refractivity contribution in [2.75, 3.05) is 0 Å². The highest BCUT2D eigenvalue weighted by molar-refractivity contribution is 7.26. The third-order valence-electron chi connectivity index (χ3n) is 26.7. The molecule has 0 spiro atoms. The first-order valence-corrected chi connectivity index (χ1v) is 37.4. The second kappa shape index (κ2) is 29.2. The largest absolute Gasteiger partial charge is 0.455 e. The van der Waals surface area contributed by atoms with E-state index >= 15 is 0 Å². The summed E-state index contributed by atoms with van der Waals surface area (Å²) in [5.41, 5.74) is 58.7. The van der Waals surface area contributed by atoms with Gasteiger partial charge in [-0.05, 0) is 469 Å². The second-order valence-corrected chi connectivity index (χ2v) is 32.7. The van der Waals surface area contributed by atoms with E-state index in [4.69, 9.17) is 4.42 Å². The number of aryl methyl sites for hydroxylation is 15. The Labute approximate surface area is 610 Å². The van der Waals surface area contributed by atoms with E-state index < -0.39 is 0 Å². The molecule has 1 aliphatic rings. The van der Waals surface area contributed by atoms with Crippen LogP contribution in [0.1, 0.15) is 251 Å². The zero-order valence-corrected chi connectivity index (χ0v) is 71.4. The highest BCUT2D eigenvalue weighted by Gasteiger charge is 2.49. The fraction of sp³-hybridized carbons (Fsp3) is 0.468. The summed E-state index contributed by atoms with van der Waals surface area (Å²) < 4.78 is 9.32. The number of hydrogen-bond acceptors (Lipinski definition) is 6. The Morgan fingerprint density at radius 1 is 0.200 bits per heavy atom. The van der Waals surface area contributed by atoms with Gasteiger partial charge in [-0.2, -0.15) is 0 Å². The molecule has 6 heteroatoms. The Balaban J connectivity index is 0.000000175. The molecule has 0 bridgehead atoms. The average Bonchev–Trinajstić information content (AvgIpc) is 0.930. The van der Waals surface area contributed by atoms with Crippen molar-refractivity contribution in [3.05, 3.63) is 224 Å². The molecule has 0 N–H and O–H groups in total. The summed E-state index contributed by atoms with van der Waals surface area (Å²) in [6, 6.07) is 0. The first kappa shape index (κ1) is 80.0. The van der Waals surface area contributed by atoms with Gasteiger partial charge < -0.3 is 4.42 Å². The van der Waals surface area contributed by atoms with Gasteiger partial charge in [0.05, 0.1) is 0 Å². The van der Waals surface area contributed by atoms with Crippen LogP contribution in [0.25, 0.3) is 53.2 Å². The van der Waals surface area contributed by atoms with Crippen LogP contribution in [0.15, 0.2) is 4.42 Å². The lowest BCUT2D eigenvalue weighted by molar-refractivity contribution is 0.295. The predicted octanol–water partition coefficient (Wildman–Crippen LogP) is 26.9. The Morgan fingerprint density at radius 2 is 0.410 bits per heavy atom. The number of pyridine rings is 2. The van der Waals surface area contributed by atoms with Crippen LogP contribution >= 0.6 is 11.3 Å². The van der Waals surface area contributed by atoms with Crippen molar-refractivity contribution in [2.24, 2.45) is 0 Å². The van der Waals surface area contributed by atoms with Crippen LogP contribution in [0.2, 0.25) is 0 Å². The molecule has 5 nitrogen and oxygen atoms in total. The van der Waals surface area contributed by atoms with E-state index in [1.54, 1.807) is 11.1 Å². The molecule has 0 amide bonds. The molecule has 0 atom stereocenters. The Kier molecular flexibility index (Phi) is 23.4. The topological polar surface area (TPSA) is 64.7 Å². The van der Waals surface area contributed by atoms with E-state index in [2.05, 4.69) is 283 Å². The predicted molar refractivity (Wildman–Crippen MR) is 441 cm³/mol. The van der Waals surface area contributed by atoms with Crippen molar-refractivity contribution in [2.45, 2.75) is 302 Å². The lowest BCUT2D eigenvalue weighted by Gasteiger charge is -2.51. The van der Waals surface area contributed by atoms with Crippen LogP contribution in [-0.2, 0) is 10.8 Å². The Morgan fingerprint density at radius 3 is 0.690 bits per heavy atom. The first-order chi connectivity index (χ1) is 46.0. The summed E-state index contributed by atoms with van der Waals surface area (Å²) >= 11 is 1.99. The van der Waals surface area contributed by atoms with Crippen LogP contribution in [0.4, 0.5) is 0 Å². The van der Waals surface area contributed by atoms with Gasteiger partial charge in [-0.25, -0.2) is 9.97 Å². The fourth-order valence-corrected chi connectivity index (χ4v) is 17.4. The van der Waals surface area contributed by atoms with Crippen molar-refractivity contribution in [3.63, 3.8) is 0 Å². The molecule has 6 aromatic carbocycles. The molecule has 0 saturated heterocycles. The van der Waals surface area contributed by atoms with Crippen molar-refractivity contribution in [1.29, 1.82) is 0 Å². The van der Waals surface area contributed by atoms with Gasteiger partial charge in [0, 0.05) is 65.1 Å². The Hall–Kier alpha value is -7.28. The third-order valence-corrected chi connectivity index (χ3v) is 28.1. The number of nitrogens with zero attached hydrogens (tertiary/aromatic N) is 4. The molecule has 100 heavy (non-hydrogen) atoms. The van der Waals surface area contributed by atoms with Crippen molar-refractivity contribution in [1.82, 2.24) is 19.9 Å². The number of rotatable bonds is 0. The number of benzene rings is 6. The quantitative estimate of drug-likeness (QED) is 0.151. The Bertz CT molecular complexity index is 4660. The van der Waals surface area contributed by atoms with E-state index in [0.29, 0.717) is 0 Å². The molecule has 0 radical (unpaired) electrons. The summed E-state index contributed by atoms with van der Waals surface area (Å²) in [5.74, 6) is 0.862. The number of furan rings is 1. The maximum absolute atomic E-state index is 6.35. The van der Waals surface area contributed by atoms with Gasteiger partial charge in [0.15, 0.2) is 0 Å². The molecule has 1 aliphatic carbocycles. The summed E-state index contributed by atoms with van der Waals surface area (Å²) in [5, 5.41) is 5.63. The number of fused-ring (bicyclic) bond motifs is 9. The van der Waals surface area contributed by atoms with Gasteiger partial charge in [-0.3, -0.25) is 9.97 Å². The van der Waals surface area contributed by atoms with Crippen molar-refractivity contribution < 1.29 is 4.42 Å². The molecule has 0 fully saturated rings. The summed E-state index contributed by atoms with van der Waals surface area (Å²) in [4.78, 5) is 17.3. The van der Waals surface area contributed by atoms with Crippen molar-refractivity contribution >= 4 is 53.4 Å². The average molecular weight is 1360 g/mol. The third kappa shape index (κ3) is 13.4. The fourth-order valence-electron chi connectivity index (χ4n) is 15.9. The van der Waals surface area contributed by atoms with E-state index in [9.17, 15) is 0 Å².